The molecule has 5 heteroatoms. The lowest BCUT2D eigenvalue weighted by molar-refractivity contribution is -0.919. The highest BCUT2D eigenvalue weighted by Gasteiger charge is 2.33. The van der Waals surface area contributed by atoms with Crippen LogP contribution in [0.1, 0.15) is 46.8 Å². The van der Waals surface area contributed by atoms with Crippen LogP contribution in [-0.2, 0) is 6.54 Å². The molecule has 0 unspecified atom stereocenters. The van der Waals surface area contributed by atoms with Gasteiger partial charge in [0.05, 0.1) is 18.7 Å². The standard InChI is InChI=1S/C22H24N2O3/c1-14-5-8-24(9-6-14)13-17-18(25)10-15(2)20-21(26)19(27-22(17)20)11-16-4-3-7-23-12-16/h3-4,7,10-12,14,25H,5-6,8-9,13H2,1-2H3/b19-11-. The van der Waals surface area contributed by atoms with Gasteiger partial charge in [-0.2, -0.15) is 0 Å². The average Bonchev–Trinajstić information content (AvgIpc) is 2.98. The van der Waals surface area contributed by atoms with E-state index in [4.69, 9.17) is 4.74 Å². The first kappa shape index (κ1) is 17.7. The van der Waals surface area contributed by atoms with E-state index in [1.165, 1.54) is 17.7 Å². The number of rotatable bonds is 3. The molecule has 0 radical (unpaired) electrons. The number of ketones is 1. The number of aryl methyl sites for hydroxylation is 1. The third kappa shape index (κ3) is 3.47. The molecule has 1 aromatic heterocycles. The van der Waals surface area contributed by atoms with E-state index in [1.807, 2.05) is 12.1 Å². The second kappa shape index (κ2) is 7.16. The van der Waals surface area contributed by atoms with Crippen LogP contribution < -0.4 is 14.7 Å². The van der Waals surface area contributed by atoms with Crippen molar-refractivity contribution in [1.29, 1.82) is 0 Å². The normalized spacial score (nSPS) is 23.3. The van der Waals surface area contributed by atoms with Crippen molar-refractivity contribution in [2.24, 2.45) is 5.92 Å². The second-order valence-electron chi connectivity index (χ2n) is 7.71. The summed E-state index contributed by atoms with van der Waals surface area (Å²) in [4.78, 5) is 18.4. The van der Waals surface area contributed by atoms with E-state index in [0.29, 0.717) is 29.0 Å². The number of aromatic nitrogens is 1. The van der Waals surface area contributed by atoms with E-state index < -0.39 is 0 Å². The number of likely N-dealkylation sites (tertiary alicyclic amines) is 1. The summed E-state index contributed by atoms with van der Waals surface area (Å²) in [6.45, 7) is 6.79. The molecule has 0 bridgehead atoms. The molecule has 2 aliphatic heterocycles. The Kier molecular flexibility index (Phi) is 4.70. The Bertz CT molecular complexity index is 898. The molecule has 2 aliphatic rings. The van der Waals surface area contributed by atoms with Crippen molar-refractivity contribution in [1.82, 2.24) is 4.98 Å². The third-order valence-corrected chi connectivity index (χ3v) is 5.59. The fourth-order valence-corrected chi connectivity index (χ4v) is 3.94. The highest BCUT2D eigenvalue weighted by atomic mass is 16.5. The molecule has 1 saturated heterocycles. The van der Waals surface area contributed by atoms with Crippen LogP contribution in [0.3, 0.4) is 0 Å². The predicted octanol–water partition coefficient (Wildman–Crippen LogP) is 1.89. The van der Waals surface area contributed by atoms with Crippen molar-refractivity contribution in [3.8, 4) is 11.5 Å². The minimum Gasteiger partial charge on any atom is -0.872 e. The van der Waals surface area contributed by atoms with E-state index in [9.17, 15) is 9.90 Å². The number of Topliss-reactive ketones (excluding diaryl/α,β-unsaturated/α-hetero) is 1. The molecule has 0 atom stereocenters. The van der Waals surface area contributed by atoms with Crippen molar-refractivity contribution in [2.45, 2.75) is 33.2 Å². The smallest absolute Gasteiger partial charge is 0.232 e. The van der Waals surface area contributed by atoms with E-state index in [2.05, 4.69) is 11.9 Å². The number of benzene rings is 1. The minimum absolute atomic E-state index is 0.0344. The Balaban J connectivity index is 1.67. The van der Waals surface area contributed by atoms with Gasteiger partial charge in [-0.3, -0.25) is 9.78 Å². The van der Waals surface area contributed by atoms with Crippen molar-refractivity contribution >= 4 is 11.9 Å². The van der Waals surface area contributed by atoms with Crippen LogP contribution in [0.2, 0.25) is 0 Å². The molecule has 1 N–H and O–H groups in total. The third-order valence-electron chi connectivity index (χ3n) is 5.59. The number of ether oxygens (including phenoxy) is 1. The highest BCUT2D eigenvalue weighted by molar-refractivity contribution is 6.15. The molecule has 0 amide bonds. The van der Waals surface area contributed by atoms with Crippen LogP contribution >= 0.6 is 0 Å². The Morgan fingerprint density at radius 1 is 1.37 bits per heavy atom. The Morgan fingerprint density at radius 2 is 2.15 bits per heavy atom. The minimum atomic E-state index is -0.158. The molecule has 2 aromatic rings. The number of carbonyl (C=O) groups excluding carboxylic acids is 1. The van der Waals surface area contributed by atoms with Crippen molar-refractivity contribution in [2.75, 3.05) is 13.1 Å². The molecular formula is C22H24N2O3. The topological polar surface area (TPSA) is 66.7 Å². The molecule has 1 aromatic carbocycles. The lowest BCUT2D eigenvalue weighted by Crippen LogP contribution is -3.11. The molecule has 0 spiro atoms. The van der Waals surface area contributed by atoms with E-state index >= 15 is 0 Å². The molecule has 4 rings (SSSR count). The number of hydrogen-bond acceptors (Lipinski definition) is 4. The first-order valence-corrected chi connectivity index (χ1v) is 9.54. The lowest BCUT2D eigenvalue weighted by Gasteiger charge is -2.29. The fraction of sp³-hybridized carbons (Fsp3) is 0.364. The van der Waals surface area contributed by atoms with Crippen LogP contribution in [0.5, 0.6) is 11.5 Å². The van der Waals surface area contributed by atoms with Gasteiger partial charge in [-0.15, -0.1) is 0 Å². The van der Waals surface area contributed by atoms with Gasteiger partial charge in [0.15, 0.2) is 5.76 Å². The van der Waals surface area contributed by atoms with Crippen LogP contribution in [0.15, 0.2) is 36.4 Å². The van der Waals surface area contributed by atoms with Crippen molar-refractivity contribution < 1.29 is 19.5 Å². The molecule has 1 fully saturated rings. The molecule has 5 nitrogen and oxygen atoms in total. The van der Waals surface area contributed by atoms with Crippen LogP contribution in [0.4, 0.5) is 0 Å². The SMILES string of the molecule is Cc1cc([O-])c(C[NH+]2CCC(C)CC2)c2c1C(=O)/C(=C/c1cccnc1)O2. The number of nitrogens with zero attached hydrogens (tertiary/aromatic N) is 1. The van der Waals surface area contributed by atoms with Gasteiger partial charge in [0.1, 0.15) is 12.3 Å². The van der Waals surface area contributed by atoms with E-state index in [0.717, 1.165) is 24.6 Å². The van der Waals surface area contributed by atoms with E-state index in [-0.39, 0.29) is 17.3 Å². The van der Waals surface area contributed by atoms with Gasteiger partial charge in [0.2, 0.25) is 5.78 Å². The zero-order valence-corrected chi connectivity index (χ0v) is 15.7. The molecule has 0 saturated carbocycles. The van der Waals surface area contributed by atoms with Gasteiger partial charge in [0, 0.05) is 18.0 Å². The number of fused-ring (bicyclic) bond motifs is 1. The summed E-state index contributed by atoms with van der Waals surface area (Å²) < 4.78 is 5.95. The number of allylic oxidation sites excluding steroid dienone is 1. The Hall–Kier alpha value is -2.66. The zero-order chi connectivity index (χ0) is 19.0. The zero-order valence-electron chi connectivity index (χ0n) is 15.7. The molecular weight excluding hydrogens is 340 g/mol. The van der Waals surface area contributed by atoms with Crippen LogP contribution in [0.25, 0.3) is 6.08 Å². The Morgan fingerprint density at radius 3 is 2.85 bits per heavy atom. The fourth-order valence-electron chi connectivity index (χ4n) is 3.94. The molecule has 140 valence electrons. The molecule has 3 heterocycles. The van der Waals surface area contributed by atoms with Gasteiger partial charge in [-0.1, -0.05) is 24.8 Å². The summed E-state index contributed by atoms with van der Waals surface area (Å²) >= 11 is 0. The number of pyridine rings is 1. The number of nitrogens with one attached hydrogen (secondary N) is 1. The summed E-state index contributed by atoms with van der Waals surface area (Å²) in [6.07, 6.45) is 7.40. The quantitative estimate of drug-likeness (QED) is 0.845. The number of quaternary nitrogens is 1. The Labute approximate surface area is 159 Å². The highest BCUT2D eigenvalue weighted by Crippen LogP contribution is 2.40. The number of piperidine rings is 1. The van der Waals surface area contributed by atoms with Gasteiger partial charge in [0.25, 0.3) is 0 Å². The summed E-state index contributed by atoms with van der Waals surface area (Å²) in [5.41, 5.74) is 2.64. The van der Waals surface area contributed by atoms with E-state index in [1.54, 1.807) is 31.5 Å². The molecule has 0 aliphatic carbocycles. The van der Waals surface area contributed by atoms with Gasteiger partial charge in [-0.25, -0.2) is 0 Å². The first-order chi connectivity index (χ1) is 13.0. The monoisotopic (exact) mass is 364 g/mol. The summed E-state index contributed by atoms with van der Waals surface area (Å²) in [7, 11) is 0. The number of hydrogen-bond donors (Lipinski definition) is 1. The molecule has 27 heavy (non-hydrogen) atoms. The predicted molar refractivity (Wildman–Crippen MR) is 101 cm³/mol. The maximum atomic E-state index is 12.9. The average molecular weight is 364 g/mol. The largest absolute Gasteiger partial charge is 0.872 e. The van der Waals surface area contributed by atoms with Crippen LogP contribution in [0, 0.1) is 12.8 Å². The lowest BCUT2D eigenvalue weighted by atomic mass is 9.96. The van der Waals surface area contributed by atoms with Gasteiger partial charge < -0.3 is 14.7 Å². The summed E-state index contributed by atoms with van der Waals surface area (Å²) in [6, 6.07) is 5.26. The summed E-state index contributed by atoms with van der Waals surface area (Å²) in [5, 5.41) is 12.7. The first-order valence-electron chi connectivity index (χ1n) is 9.54. The van der Waals surface area contributed by atoms with Gasteiger partial charge in [-0.05, 0) is 49.0 Å². The van der Waals surface area contributed by atoms with Crippen molar-refractivity contribution in [3.05, 3.63) is 58.6 Å². The number of carbonyl (C=O) groups is 1. The van der Waals surface area contributed by atoms with Crippen molar-refractivity contribution in [3.63, 3.8) is 0 Å². The maximum absolute atomic E-state index is 12.9. The van der Waals surface area contributed by atoms with Crippen LogP contribution in [-0.4, -0.2) is 23.9 Å². The van der Waals surface area contributed by atoms with Gasteiger partial charge >= 0.3 is 0 Å². The summed E-state index contributed by atoms with van der Waals surface area (Å²) in [5.74, 6) is 1.28. The second-order valence-corrected chi connectivity index (χ2v) is 7.71. The maximum Gasteiger partial charge on any atom is 0.232 e.